The van der Waals surface area contributed by atoms with Gasteiger partial charge in [0.2, 0.25) is 0 Å². The van der Waals surface area contributed by atoms with Gasteiger partial charge in [-0.05, 0) is 49.2 Å². The molecule has 1 fully saturated rings. The first-order valence-electron chi connectivity index (χ1n) is 8.62. The topological polar surface area (TPSA) is 57.9 Å². The van der Waals surface area contributed by atoms with Crippen LogP contribution >= 0.6 is 0 Å². The number of benzene rings is 1. The number of methoxy groups -OCH3 is 1. The van der Waals surface area contributed by atoms with E-state index in [9.17, 15) is 5.26 Å². The molecule has 0 bridgehead atoms. The van der Waals surface area contributed by atoms with Crippen LogP contribution in [-0.2, 0) is 0 Å². The van der Waals surface area contributed by atoms with E-state index in [0.717, 1.165) is 29.8 Å². The molecule has 1 aromatic carbocycles. The fourth-order valence-corrected chi connectivity index (χ4v) is 3.20. The molecule has 0 amide bonds. The van der Waals surface area contributed by atoms with Gasteiger partial charge in [0, 0.05) is 11.6 Å². The summed E-state index contributed by atoms with van der Waals surface area (Å²) in [4.78, 5) is 4.72. The first-order chi connectivity index (χ1) is 11.8. The van der Waals surface area contributed by atoms with Crippen molar-refractivity contribution in [2.45, 2.75) is 44.6 Å². The Morgan fingerprint density at radius 2 is 1.75 bits per heavy atom. The van der Waals surface area contributed by atoms with Gasteiger partial charge in [-0.25, -0.2) is 4.98 Å². The second-order valence-corrected chi connectivity index (χ2v) is 6.27. The summed E-state index contributed by atoms with van der Waals surface area (Å²) in [5.74, 6) is 1.53. The Kier molecular flexibility index (Phi) is 5.32. The third-order valence-corrected chi connectivity index (χ3v) is 4.60. The molecule has 0 atom stereocenters. The summed E-state index contributed by atoms with van der Waals surface area (Å²) in [6.07, 6.45) is 7.42. The van der Waals surface area contributed by atoms with Crippen LogP contribution in [0.15, 0.2) is 36.4 Å². The second-order valence-electron chi connectivity index (χ2n) is 6.27. The van der Waals surface area contributed by atoms with Crippen molar-refractivity contribution in [3.63, 3.8) is 0 Å². The maximum Gasteiger partial charge on any atom is 0.144 e. The molecular formula is C20H23N3O. The summed E-state index contributed by atoms with van der Waals surface area (Å²) in [5.41, 5.74) is 2.49. The molecule has 4 heteroatoms. The second kappa shape index (κ2) is 7.83. The van der Waals surface area contributed by atoms with Gasteiger partial charge in [0.05, 0.1) is 18.4 Å². The van der Waals surface area contributed by atoms with Gasteiger partial charge in [-0.2, -0.15) is 5.26 Å². The lowest BCUT2D eigenvalue weighted by atomic mass is 10.1. The van der Waals surface area contributed by atoms with Crippen LogP contribution in [0.4, 0.5) is 5.82 Å². The standard InChI is InChI=1S/C20H23N3O/c1-24-18-11-8-15(9-12-18)19-13-10-16(14-21)20(23-19)22-17-6-4-2-3-5-7-17/h8-13,17H,2-7H2,1H3,(H,22,23). The molecule has 24 heavy (non-hydrogen) atoms. The molecule has 0 radical (unpaired) electrons. The molecular weight excluding hydrogens is 298 g/mol. The van der Waals surface area contributed by atoms with E-state index in [0.29, 0.717) is 17.4 Å². The fourth-order valence-electron chi connectivity index (χ4n) is 3.20. The number of nitrogens with zero attached hydrogens (tertiary/aromatic N) is 2. The van der Waals surface area contributed by atoms with Gasteiger partial charge < -0.3 is 10.1 Å². The maximum absolute atomic E-state index is 9.39. The quantitative estimate of drug-likeness (QED) is 0.825. The van der Waals surface area contributed by atoms with Crippen LogP contribution in [0, 0.1) is 11.3 Å². The highest BCUT2D eigenvalue weighted by Gasteiger charge is 2.15. The molecule has 1 heterocycles. The number of hydrogen-bond donors (Lipinski definition) is 1. The number of rotatable bonds is 4. The van der Waals surface area contributed by atoms with Crippen LogP contribution in [0.5, 0.6) is 5.75 Å². The average molecular weight is 321 g/mol. The number of anilines is 1. The highest BCUT2D eigenvalue weighted by atomic mass is 16.5. The number of hydrogen-bond acceptors (Lipinski definition) is 4. The van der Waals surface area contributed by atoms with Crippen molar-refractivity contribution >= 4 is 5.82 Å². The lowest BCUT2D eigenvalue weighted by Crippen LogP contribution is -2.20. The van der Waals surface area contributed by atoms with Crippen LogP contribution in [-0.4, -0.2) is 18.1 Å². The van der Waals surface area contributed by atoms with E-state index in [-0.39, 0.29) is 0 Å². The van der Waals surface area contributed by atoms with Crippen LogP contribution in [0.1, 0.15) is 44.1 Å². The zero-order valence-electron chi connectivity index (χ0n) is 14.1. The maximum atomic E-state index is 9.39. The predicted octanol–water partition coefficient (Wildman–Crippen LogP) is 4.76. The van der Waals surface area contributed by atoms with Gasteiger partial charge in [0.15, 0.2) is 0 Å². The van der Waals surface area contributed by atoms with Gasteiger partial charge in [0.1, 0.15) is 17.6 Å². The molecule has 124 valence electrons. The number of aromatic nitrogens is 1. The van der Waals surface area contributed by atoms with Crippen molar-refractivity contribution in [3.05, 3.63) is 42.0 Å². The van der Waals surface area contributed by atoms with E-state index in [1.54, 1.807) is 7.11 Å². The molecule has 1 saturated carbocycles. The summed E-state index contributed by atoms with van der Waals surface area (Å²) >= 11 is 0. The lowest BCUT2D eigenvalue weighted by molar-refractivity contribution is 0.415. The van der Waals surface area contributed by atoms with Crippen molar-refractivity contribution in [2.24, 2.45) is 0 Å². The SMILES string of the molecule is COc1ccc(-c2ccc(C#N)c(NC3CCCCCC3)n2)cc1. The van der Waals surface area contributed by atoms with E-state index in [4.69, 9.17) is 9.72 Å². The molecule has 0 spiro atoms. The lowest BCUT2D eigenvalue weighted by Gasteiger charge is -2.18. The van der Waals surface area contributed by atoms with Crippen molar-refractivity contribution in [1.29, 1.82) is 5.26 Å². The summed E-state index contributed by atoms with van der Waals surface area (Å²) < 4.78 is 5.20. The third kappa shape index (κ3) is 3.86. The molecule has 1 aliphatic carbocycles. The molecule has 0 aliphatic heterocycles. The minimum atomic E-state index is 0.415. The number of ether oxygens (including phenoxy) is 1. The average Bonchev–Trinajstić information content (AvgIpc) is 2.90. The molecule has 0 saturated heterocycles. The minimum Gasteiger partial charge on any atom is -0.497 e. The first-order valence-corrected chi connectivity index (χ1v) is 8.62. The Hall–Kier alpha value is -2.54. The Labute approximate surface area is 143 Å². The first kappa shape index (κ1) is 16.3. The molecule has 1 aliphatic rings. The van der Waals surface area contributed by atoms with E-state index < -0.39 is 0 Å². The summed E-state index contributed by atoms with van der Waals surface area (Å²) in [7, 11) is 1.66. The largest absolute Gasteiger partial charge is 0.497 e. The number of nitriles is 1. The molecule has 4 nitrogen and oxygen atoms in total. The van der Waals surface area contributed by atoms with Gasteiger partial charge in [-0.3, -0.25) is 0 Å². The molecule has 1 N–H and O–H groups in total. The Balaban J connectivity index is 1.85. The Morgan fingerprint density at radius 1 is 1.04 bits per heavy atom. The van der Waals surface area contributed by atoms with Crippen LogP contribution < -0.4 is 10.1 Å². The molecule has 1 aromatic heterocycles. The highest BCUT2D eigenvalue weighted by Crippen LogP contribution is 2.26. The van der Waals surface area contributed by atoms with E-state index in [1.165, 1.54) is 25.7 Å². The van der Waals surface area contributed by atoms with Crippen LogP contribution in [0.2, 0.25) is 0 Å². The zero-order valence-corrected chi connectivity index (χ0v) is 14.1. The minimum absolute atomic E-state index is 0.415. The normalized spacial score (nSPS) is 15.3. The van der Waals surface area contributed by atoms with E-state index >= 15 is 0 Å². The molecule has 2 aromatic rings. The predicted molar refractivity (Wildman–Crippen MR) is 96.1 cm³/mol. The Bertz CT molecular complexity index is 711. The highest BCUT2D eigenvalue weighted by molar-refractivity contribution is 5.65. The smallest absolute Gasteiger partial charge is 0.144 e. The summed E-state index contributed by atoms with van der Waals surface area (Å²) in [6, 6.07) is 14.2. The molecule has 3 rings (SSSR count). The van der Waals surface area contributed by atoms with Gasteiger partial charge in [-0.1, -0.05) is 25.7 Å². The van der Waals surface area contributed by atoms with Gasteiger partial charge >= 0.3 is 0 Å². The van der Waals surface area contributed by atoms with Gasteiger partial charge in [0.25, 0.3) is 0 Å². The van der Waals surface area contributed by atoms with Crippen LogP contribution in [0.25, 0.3) is 11.3 Å². The third-order valence-electron chi connectivity index (χ3n) is 4.60. The summed E-state index contributed by atoms with van der Waals surface area (Å²) in [5, 5.41) is 12.9. The Morgan fingerprint density at radius 3 is 2.38 bits per heavy atom. The van der Waals surface area contributed by atoms with Crippen molar-refractivity contribution in [3.8, 4) is 23.1 Å². The van der Waals surface area contributed by atoms with Crippen molar-refractivity contribution < 1.29 is 4.74 Å². The van der Waals surface area contributed by atoms with E-state index in [1.807, 2.05) is 36.4 Å². The zero-order chi connectivity index (χ0) is 16.8. The van der Waals surface area contributed by atoms with Crippen molar-refractivity contribution in [1.82, 2.24) is 4.98 Å². The van der Waals surface area contributed by atoms with E-state index in [2.05, 4.69) is 11.4 Å². The van der Waals surface area contributed by atoms with Gasteiger partial charge in [-0.15, -0.1) is 0 Å². The monoisotopic (exact) mass is 321 g/mol. The molecule has 0 unspecified atom stereocenters. The van der Waals surface area contributed by atoms with Crippen molar-refractivity contribution in [2.75, 3.05) is 12.4 Å². The fraction of sp³-hybridized carbons (Fsp3) is 0.400. The van der Waals surface area contributed by atoms with Crippen LogP contribution in [0.3, 0.4) is 0 Å². The summed E-state index contributed by atoms with van der Waals surface area (Å²) in [6.45, 7) is 0. The number of nitrogens with one attached hydrogen (secondary N) is 1. The number of pyridine rings is 1.